The van der Waals surface area contributed by atoms with E-state index in [0.717, 1.165) is 28.4 Å². The number of para-hydroxylation sites is 5. The SMILES string of the molecule is CCO.CCO.[Fe+2].[Fe+2].[N-]=C=S.[N-]=C=S.[N-]=C=S.[N-]=C=S.c1ccc(-n2cnnc2)cc1.c1ccc(-n2cnnc2)cc1.c1ccc(-n2cnnc2)cc1.c1ccc(-n2cnnc2)cc1.c1ccc(-n2cnnc2)cc1. The predicted octanol–water partition coefficient (Wildman–Crippen LogP) is 8.96. The van der Waals surface area contributed by atoms with Crippen molar-refractivity contribution in [2.24, 2.45) is 0 Å². The first-order valence-corrected chi connectivity index (χ1v) is 22.2. The Balaban J connectivity index is -0.000000795. The van der Waals surface area contributed by atoms with Crippen LogP contribution >= 0.6 is 48.9 Å². The minimum atomic E-state index is 0. The van der Waals surface area contributed by atoms with Crippen molar-refractivity contribution in [3.8, 4) is 28.4 Å². The van der Waals surface area contributed by atoms with Crippen LogP contribution in [0.15, 0.2) is 215 Å². The maximum absolute atomic E-state index is 7.57. The molecule has 0 atom stereocenters. The Labute approximate surface area is 476 Å². The van der Waals surface area contributed by atoms with Gasteiger partial charge in [-0.05, 0) is 74.5 Å². The molecule has 0 unspecified atom stereocenters. The van der Waals surface area contributed by atoms with Gasteiger partial charge in [0.1, 0.15) is 63.3 Å². The van der Waals surface area contributed by atoms with Gasteiger partial charge in [0, 0.05) is 41.7 Å². The topological polar surface area (TPSA) is 283 Å². The van der Waals surface area contributed by atoms with Crippen molar-refractivity contribution in [2.45, 2.75) is 13.8 Å². The van der Waals surface area contributed by atoms with Gasteiger partial charge in [0.05, 0.1) is 0 Å². The molecule has 75 heavy (non-hydrogen) atoms. The Bertz CT molecular complexity index is 2400. The van der Waals surface area contributed by atoms with Crippen molar-refractivity contribution in [1.82, 2.24) is 73.8 Å². The molecule has 0 fully saturated rings. The van der Waals surface area contributed by atoms with Crippen molar-refractivity contribution < 1.29 is 44.4 Å². The van der Waals surface area contributed by atoms with Crippen LogP contribution in [0.2, 0.25) is 0 Å². The molecule has 5 aromatic heterocycles. The summed E-state index contributed by atoms with van der Waals surface area (Å²) in [7, 11) is 0. The van der Waals surface area contributed by atoms with Crippen molar-refractivity contribution in [2.75, 3.05) is 13.2 Å². The number of hydrogen-bond acceptors (Lipinski definition) is 16. The fraction of sp³-hybridized carbons (Fsp3) is 0.0833. The zero-order chi connectivity index (χ0) is 53.8. The molecule has 10 rings (SSSR count). The van der Waals surface area contributed by atoms with E-state index in [1.807, 2.05) is 174 Å². The first-order chi connectivity index (χ1) is 35.8. The smallest absolute Gasteiger partial charge is 0.753 e. The molecular weight excluding hydrogens is 1110 g/mol. The standard InChI is InChI=1S/5C8H7N3.2C2H6O.4CNS.2Fe/c5*1-2-4-8(5-3-1)11-6-9-10-7-11;2*1-2-3;4*2-1-3;;/h5*1-7H;2*3H,2H2,1H3;;;;;;/q;;;;;;;4*-1;2*+2. The van der Waals surface area contributed by atoms with Gasteiger partial charge in [0.15, 0.2) is 0 Å². The average Bonchev–Trinajstić information content (AvgIpc) is 4.31. The summed E-state index contributed by atoms with van der Waals surface area (Å²) in [6.45, 7) is 3.86. The van der Waals surface area contributed by atoms with Crippen molar-refractivity contribution in [3.63, 3.8) is 0 Å². The molecule has 0 saturated heterocycles. The van der Waals surface area contributed by atoms with Crippen molar-refractivity contribution in [3.05, 3.63) is 237 Å². The van der Waals surface area contributed by atoms with E-state index >= 15 is 0 Å². The van der Waals surface area contributed by atoms with Crippen LogP contribution in [-0.4, -0.2) is 118 Å². The van der Waals surface area contributed by atoms with E-state index < -0.39 is 0 Å². The Kier molecular flexibility index (Phi) is 49.6. The summed E-state index contributed by atoms with van der Waals surface area (Å²) in [5.41, 5.74) is 5.41. The molecule has 0 aliphatic carbocycles. The molecule has 5 heterocycles. The summed E-state index contributed by atoms with van der Waals surface area (Å²) in [5, 5.41) is 86.1. The molecule has 0 spiro atoms. The molecular formula is C48H47Fe2N19O2S4. The predicted molar refractivity (Wildman–Crippen MR) is 296 cm³/mol. The number of nitrogens with zero attached hydrogens (tertiary/aromatic N) is 19. The second kappa shape index (κ2) is 52.3. The Hall–Kier alpha value is -8.04. The Morgan fingerprint density at radius 3 is 0.493 bits per heavy atom. The molecule has 27 heteroatoms. The molecule has 21 nitrogen and oxygen atoms in total. The molecule has 5 aromatic carbocycles. The molecule has 0 amide bonds. The molecule has 2 N–H and O–H groups in total. The molecule has 0 radical (unpaired) electrons. The summed E-state index contributed by atoms with van der Waals surface area (Å²) in [4.78, 5) is 0. The fourth-order valence-corrected chi connectivity index (χ4v) is 4.67. The quantitative estimate of drug-likeness (QED) is 0.0923. The fourth-order valence-electron chi connectivity index (χ4n) is 4.67. The molecule has 10 aromatic rings. The van der Waals surface area contributed by atoms with Crippen molar-refractivity contribution >= 4 is 69.5 Å². The second-order valence-electron chi connectivity index (χ2n) is 12.0. The number of aliphatic hydroxyl groups is 2. The Morgan fingerprint density at radius 2 is 0.400 bits per heavy atom. The van der Waals surface area contributed by atoms with Crippen LogP contribution in [0.1, 0.15) is 13.8 Å². The van der Waals surface area contributed by atoms with Crippen LogP contribution in [-0.2, 0) is 34.1 Å². The van der Waals surface area contributed by atoms with Crippen molar-refractivity contribution in [1.29, 1.82) is 0 Å². The number of rotatable bonds is 5. The van der Waals surface area contributed by atoms with Crippen LogP contribution in [0.25, 0.3) is 50.1 Å². The van der Waals surface area contributed by atoms with E-state index in [0.29, 0.717) is 0 Å². The number of aromatic nitrogens is 15. The largest absolute Gasteiger partial charge is 2.00 e. The third-order valence-corrected chi connectivity index (χ3v) is 7.37. The van der Waals surface area contributed by atoms with Gasteiger partial charge in [-0.1, -0.05) is 140 Å². The summed E-state index contributed by atoms with van der Waals surface area (Å²) in [6.07, 6.45) is 16.8. The first kappa shape index (κ1) is 71.2. The van der Waals surface area contributed by atoms with E-state index in [1.165, 1.54) is 20.6 Å². The number of thiocarbonyl (C=S) groups is 4. The zero-order valence-electron chi connectivity index (χ0n) is 39.9. The zero-order valence-corrected chi connectivity index (χ0v) is 45.3. The van der Waals surface area contributed by atoms with Gasteiger partial charge in [0.25, 0.3) is 0 Å². The van der Waals surface area contributed by atoms with E-state index in [9.17, 15) is 0 Å². The van der Waals surface area contributed by atoms with Gasteiger partial charge in [-0.15, -0.1) is 51.0 Å². The molecule has 0 saturated carbocycles. The van der Waals surface area contributed by atoms with E-state index in [4.69, 9.17) is 31.9 Å². The third-order valence-electron chi connectivity index (χ3n) is 7.37. The summed E-state index contributed by atoms with van der Waals surface area (Å²) in [6, 6.07) is 49.7. The Morgan fingerprint density at radius 1 is 0.307 bits per heavy atom. The minimum absolute atomic E-state index is 0. The van der Waals surface area contributed by atoms with E-state index in [1.54, 1.807) is 77.1 Å². The van der Waals surface area contributed by atoms with E-state index in [-0.39, 0.29) is 47.4 Å². The first-order valence-electron chi connectivity index (χ1n) is 20.6. The summed E-state index contributed by atoms with van der Waals surface area (Å²) >= 11 is 14.8. The number of aliphatic hydroxyl groups excluding tert-OH is 2. The molecule has 386 valence electrons. The van der Waals surface area contributed by atoms with Crippen LogP contribution in [0.5, 0.6) is 0 Å². The second-order valence-corrected chi connectivity index (χ2v) is 12.8. The van der Waals surface area contributed by atoms with Gasteiger partial charge in [-0.3, -0.25) is 22.8 Å². The monoisotopic (exact) mass is 1160 g/mol. The molecule has 0 bridgehead atoms. The van der Waals surface area contributed by atoms with Gasteiger partial charge in [0.2, 0.25) is 0 Å². The van der Waals surface area contributed by atoms with Crippen LogP contribution < -0.4 is 0 Å². The van der Waals surface area contributed by atoms with Gasteiger partial charge in [-0.2, -0.15) is 20.6 Å². The third kappa shape index (κ3) is 35.7. The summed E-state index contributed by atoms with van der Waals surface area (Å²) < 4.78 is 9.31. The summed E-state index contributed by atoms with van der Waals surface area (Å²) in [5.74, 6) is 0. The average molecular weight is 1160 g/mol. The van der Waals surface area contributed by atoms with Crippen LogP contribution in [0.4, 0.5) is 0 Å². The number of hydrogen-bond donors (Lipinski definition) is 2. The van der Waals surface area contributed by atoms with Gasteiger partial charge >= 0.3 is 34.1 Å². The van der Waals surface area contributed by atoms with Crippen LogP contribution in [0.3, 0.4) is 0 Å². The maximum Gasteiger partial charge on any atom is 2.00 e. The normalized spacial score (nSPS) is 8.11. The minimum Gasteiger partial charge on any atom is -0.753 e. The van der Waals surface area contributed by atoms with Crippen LogP contribution in [0, 0.1) is 0 Å². The van der Waals surface area contributed by atoms with Gasteiger partial charge in [-0.25, -0.2) is 0 Å². The number of isothiocyanates is 4. The van der Waals surface area contributed by atoms with E-state index in [2.05, 4.69) is 99.9 Å². The molecule has 0 aliphatic rings. The number of benzene rings is 5. The maximum atomic E-state index is 7.57. The van der Waals surface area contributed by atoms with Gasteiger partial charge < -0.3 is 31.9 Å². The molecule has 0 aliphatic heterocycles.